The predicted octanol–water partition coefficient (Wildman–Crippen LogP) is 2.24. The number of carboxylic acids is 1. The minimum Gasteiger partial charge on any atom is -0.480 e. The van der Waals surface area contributed by atoms with Crippen LogP contribution < -0.4 is 5.32 Å². The molecular formula is C16H23NO5S. The van der Waals surface area contributed by atoms with Crippen LogP contribution in [0, 0.1) is 0 Å². The Balaban J connectivity index is 3.07. The monoisotopic (exact) mass is 341 g/mol. The second-order valence-corrected chi connectivity index (χ2v) is 7.40. The molecule has 0 fully saturated rings. The third-order valence-electron chi connectivity index (χ3n) is 3.39. The quantitative estimate of drug-likeness (QED) is 0.717. The number of hydrogen-bond acceptors (Lipinski definition) is 4. The lowest BCUT2D eigenvalue weighted by Crippen LogP contribution is -2.41. The molecule has 0 aliphatic carbocycles. The first-order chi connectivity index (χ1) is 10.8. The number of benzene rings is 1. The Morgan fingerprint density at radius 1 is 1.17 bits per heavy atom. The summed E-state index contributed by atoms with van der Waals surface area (Å²) >= 11 is 0. The zero-order valence-corrected chi connectivity index (χ0v) is 14.2. The van der Waals surface area contributed by atoms with Crippen molar-refractivity contribution in [2.75, 3.05) is 5.75 Å². The molecule has 0 bridgehead atoms. The largest absolute Gasteiger partial charge is 0.480 e. The van der Waals surface area contributed by atoms with Gasteiger partial charge in [0, 0.05) is 0 Å². The van der Waals surface area contributed by atoms with Crippen LogP contribution in [0.1, 0.15) is 49.9 Å². The zero-order valence-electron chi connectivity index (χ0n) is 13.4. The van der Waals surface area contributed by atoms with Crippen LogP contribution in [-0.2, 0) is 14.6 Å². The highest BCUT2D eigenvalue weighted by Gasteiger charge is 2.25. The number of sulfone groups is 1. The minimum absolute atomic E-state index is 0.0105. The molecule has 1 aromatic rings. The molecule has 1 aromatic carbocycles. The van der Waals surface area contributed by atoms with Crippen LogP contribution in [-0.4, -0.2) is 37.2 Å². The van der Waals surface area contributed by atoms with E-state index >= 15 is 0 Å². The summed E-state index contributed by atoms with van der Waals surface area (Å²) in [5.41, 5.74) is -0.0105. The van der Waals surface area contributed by atoms with Gasteiger partial charge in [-0.1, -0.05) is 38.8 Å². The van der Waals surface area contributed by atoms with Gasteiger partial charge >= 0.3 is 5.97 Å². The van der Waals surface area contributed by atoms with E-state index in [1.807, 2.05) is 6.92 Å². The Hall–Kier alpha value is -1.89. The van der Waals surface area contributed by atoms with Gasteiger partial charge in [0.05, 0.1) is 16.2 Å². The molecule has 0 unspecified atom stereocenters. The third kappa shape index (κ3) is 5.35. The van der Waals surface area contributed by atoms with Crippen molar-refractivity contribution in [2.24, 2.45) is 0 Å². The molecule has 2 N–H and O–H groups in total. The van der Waals surface area contributed by atoms with E-state index in [0.29, 0.717) is 19.3 Å². The van der Waals surface area contributed by atoms with Gasteiger partial charge in [-0.25, -0.2) is 13.2 Å². The van der Waals surface area contributed by atoms with E-state index in [0.717, 1.165) is 6.42 Å². The highest BCUT2D eigenvalue weighted by Crippen LogP contribution is 2.18. The molecule has 0 saturated carbocycles. The van der Waals surface area contributed by atoms with Gasteiger partial charge in [-0.2, -0.15) is 0 Å². The molecule has 6 nitrogen and oxygen atoms in total. The molecule has 1 amide bonds. The van der Waals surface area contributed by atoms with Crippen LogP contribution in [0.15, 0.2) is 29.2 Å². The molecule has 7 heteroatoms. The fourth-order valence-corrected chi connectivity index (χ4v) is 3.74. The molecule has 0 aromatic heterocycles. The van der Waals surface area contributed by atoms with Crippen LogP contribution in [0.3, 0.4) is 0 Å². The molecular weight excluding hydrogens is 318 g/mol. The molecule has 0 spiro atoms. The Morgan fingerprint density at radius 2 is 1.83 bits per heavy atom. The Morgan fingerprint density at radius 3 is 2.39 bits per heavy atom. The lowest BCUT2D eigenvalue weighted by atomic mass is 10.1. The van der Waals surface area contributed by atoms with Crippen molar-refractivity contribution in [1.29, 1.82) is 0 Å². The smallest absolute Gasteiger partial charge is 0.326 e. The van der Waals surface area contributed by atoms with Gasteiger partial charge < -0.3 is 10.4 Å². The fourth-order valence-electron chi connectivity index (χ4n) is 2.21. The Labute approximate surface area is 136 Å². The van der Waals surface area contributed by atoms with Crippen LogP contribution in [0.4, 0.5) is 0 Å². The average Bonchev–Trinajstić information content (AvgIpc) is 2.50. The van der Waals surface area contributed by atoms with Crippen molar-refractivity contribution in [3.8, 4) is 0 Å². The van der Waals surface area contributed by atoms with Crippen molar-refractivity contribution < 1.29 is 23.1 Å². The molecule has 23 heavy (non-hydrogen) atoms. The van der Waals surface area contributed by atoms with Crippen LogP contribution in [0.5, 0.6) is 0 Å². The summed E-state index contributed by atoms with van der Waals surface area (Å²) in [5.74, 6) is -1.86. The van der Waals surface area contributed by atoms with Gasteiger partial charge in [0.15, 0.2) is 9.84 Å². The summed E-state index contributed by atoms with van der Waals surface area (Å²) in [4.78, 5) is 23.5. The number of rotatable bonds is 9. The molecule has 128 valence electrons. The topological polar surface area (TPSA) is 101 Å². The van der Waals surface area contributed by atoms with Gasteiger partial charge in [-0.05, 0) is 25.0 Å². The third-order valence-corrected chi connectivity index (χ3v) is 5.36. The number of carboxylic acid groups (broad SMARTS) is 1. The van der Waals surface area contributed by atoms with Gasteiger partial charge in [-0.15, -0.1) is 0 Å². The summed E-state index contributed by atoms with van der Waals surface area (Å²) in [6.45, 7) is 3.67. The first kappa shape index (κ1) is 19.2. The maximum atomic E-state index is 12.4. The van der Waals surface area contributed by atoms with Crippen molar-refractivity contribution in [1.82, 2.24) is 5.32 Å². The summed E-state index contributed by atoms with van der Waals surface area (Å²) in [7, 11) is -3.57. The van der Waals surface area contributed by atoms with E-state index in [-0.39, 0.29) is 16.2 Å². The first-order valence-electron chi connectivity index (χ1n) is 7.69. The van der Waals surface area contributed by atoms with Crippen LogP contribution in [0.25, 0.3) is 0 Å². The van der Waals surface area contributed by atoms with Crippen LogP contribution in [0.2, 0.25) is 0 Å². The van der Waals surface area contributed by atoms with E-state index in [1.54, 1.807) is 19.1 Å². The number of carbonyl (C=O) groups excluding carboxylic acids is 1. The zero-order chi connectivity index (χ0) is 17.5. The molecule has 1 rings (SSSR count). The number of carbonyl (C=O) groups is 2. The maximum absolute atomic E-state index is 12.4. The fraction of sp³-hybridized carbons (Fsp3) is 0.500. The SMILES string of the molecule is CCCC[C@H](NC(=O)c1ccccc1S(=O)(=O)CCC)C(=O)O. The van der Waals surface area contributed by atoms with Crippen molar-refractivity contribution in [2.45, 2.75) is 50.5 Å². The van der Waals surface area contributed by atoms with Gasteiger partial charge in [0.2, 0.25) is 0 Å². The highest BCUT2D eigenvalue weighted by molar-refractivity contribution is 7.91. The van der Waals surface area contributed by atoms with Crippen molar-refractivity contribution in [3.63, 3.8) is 0 Å². The standard InChI is InChI=1S/C16H23NO5S/c1-3-5-9-13(16(19)20)17-15(18)12-8-6-7-10-14(12)23(21,22)11-4-2/h6-8,10,13H,3-5,9,11H2,1-2H3,(H,17,18)(H,19,20)/t13-/m0/s1. The van der Waals surface area contributed by atoms with E-state index in [9.17, 15) is 23.1 Å². The van der Waals surface area contributed by atoms with Gasteiger partial charge in [0.25, 0.3) is 5.91 Å². The molecule has 0 saturated heterocycles. The number of aliphatic carboxylic acids is 1. The van der Waals surface area contributed by atoms with Crippen molar-refractivity contribution in [3.05, 3.63) is 29.8 Å². The van der Waals surface area contributed by atoms with E-state index in [4.69, 9.17) is 0 Å². The summed E-state index contributed by atoms with van der Waals surface area (Å²) in [6, 6.07) is 4.86. The van der Waals surface area contributed by atoms with Crippen LogP contribution >= 0.6 is 0 Å². The van der Waals surface area contributed by atoms with Gasteiger partial charge in [0.1, 0.15) is 6.04 Å². The van der Waals surface area contributed by atoms with E-state index in [2.05, 4.69) is 5.32 Å². The first-order valence-corrected chi connectivity index (χ1v) is 9.34. The Bertz CT molecular complexity index is 654. The molecule has 0 aliphatic heterocycles. The summed E-state index contributed by atoms with van der Waals surface area (Å²) < 4.78 is 24.5. The number of nitrogens with one attached hydrogen (secondary N) is 1. The highest BCUT2D eigenvalue weighted by atomic mass is 32.2. The molecule has 0 aliphatic rings. The normalized spacial score (nSPS) is 12.6. The average molecular weight is 341 g/mol. The number of amides is 1. The summed E-state index contributed by atoms with van der Waals surface area (Å²) in [5, 5.41) is 11.6. The lowest BCUT2D eigenvalue weighted by molar-refractivity contribution is -0.139. The minimum atomic E-state index is -3.57. The van der Waals surface area contributed by atoms with E-state index in [1.165, 1.54) is 12.1 Å². The second-order valence-electron chi connectivity index (χ2n) is 5.32. The number of unbranched alkanes of at least 4 members (excludes halogenated alkanes) is 1. The molecule has 1 atom stereocenters. The molecule has 0 heterocycles. The Kier molecular flexibility index (Phi) is 7.22. The van der Waals surface area contributed by atoms with Crippen molar-refractivity contribution >= 4 is 21.7 Å². The summed E-state index contributed by atoms with van der Waals surface area (Å²) in [6.07, 6.45) is 2.21. The maximum Gasteiger partial charge on any atom is 0.326 e. The van der Waals surface area contributed by atoms with Gasteiger partial charge in [-0.3, -0.25) is 4.79 Å². The number of hydrogen-bond donors (Lipinski definition) is 2. The lowest BCUT2D eigenvalue weighted by Gasteiger charge is -2.16. The second kappa shape index (κ2) is 8.67. The predicted molar refractivity (Wildman–Crippen MR) is 87.2 cm³/mol. The molecule has 0 radical (unpaired) electrons. The van der Waals surface area contributed by atoms with E-state index < -0.39 is 27.8 Å².